The van der Waals surface area contributed by atoms with Crippen LogP contribution in [0, 0.1) is 13.8 Å². The van der Waals surface area contributed by atoms with Crippen LogP contribution in [-0.2, 0) is 4.79 Å². The maximum absolute atomic E-state index is 13.2. The predicted molar refractivity (Wildman–Crippen MR) is 108 cm³/mol. The summed E-state index contributed by atoms with van der Waals surface area (Å²) in [6, 6.07) is 20.6. The summed E-state index contributed by atoms with van der Waals surface area (Å²) in [5, 5.41) is 0. The fourth-order valence-electron chi connectivity index (χ4n) is 3.40. The number of benzene rings is 2. The summed E-state index contributed by atoms with van der Waals surface area (Å²) in [4.78, 5) is 15.0. The second-order valence-electron chi connectivity index (χ2n) is 6.74. The van der Waals surface area contributed by atoms with Crippen molar-refractivity contribution in [1.29, 1.82) is 0 Å². The predicted octanol–water partition coefficient (Wildman–Crippen LogP) is 5.14. The number of hydrogen-bond donors (Lipinski definition) is 0. The van der Waals surface area contributed by atoms with Crippen LogP contribution in [0.2, 0.25) is 0 Å². The lowest BCUT2D eigenvalue weighted by molar-refractivity contribution is -0.119. The lowest BCUT2D eigenvalue weighted by atomic mass is 10.0. The molecular formula is C23H26N2O. The van der Waals surface area contributed by atoms with E-state index in [0.29, 0.717) is 13.0 Å². The molecule has 0 saturated carbocycles. The van der Waals surface area contributed by atoms with Crippen LogP contribution < -0.4 is 4.90 Å². The Labute approximate surface area is 155 Å². The average molecular weight is 346 g/mol. The topological polar surface area (TPSA) is 25.2 Å². The Bertz CT molecular complexity index is 867. The molecule has 3 aromatic rings. The number of nitrogens with zero attached hydrogens (tertiary/aromatic N) is 2. The third-order valence-electron chi connectivity index (χ3n) is 4.71. The van der Waals surface area contributed by atoms with E-state index in [1.54, 1.807) is 0 Å². The second-order valence-corrected chi connectivity index (χ2v) is 6.74. The fraction of sp³-hybridized carbons (Fsp3) is 0.261. The Morgan fingerprint density at radius 3 is 2.23 bits per heavy atom. The van der Waals surface area contributed by atoms with Crippen molar-refractivity contribution in [3.05, 3.63) is 89.7 Å². The highest BCUT2D eigenvalue weighted by Gasteiger charge is 2.22. The van der Waals surface area contributed by atoms with Gasteiger partial charge in [-0.15, -0.1) is 0 Å². The van der Waals surface area contributed by atoms with Gasteiger partial charge in [0.25, 0.3) is 0 Å². The Hall–Kier alpha value is -2.81. The maximum Gasteiger partial charge on any atom is 0.229 e. The van der Waals surface area contributed by atoms with Crippen molar-refractivity contribution in [2.75, 3.05) is 11.4 Å². The van der Waals surface area contributed by atoms with Crippen molar-refractivity contribution in [2.24, 2.45) is 0 Å². The molecular weight excluding hydrogens is 320 g/mol. The van der Waals surface area contributed by atoms with Gasteiger partial charge in [0.15, 0.2) is 0 Å². The van der Waals surface area contributed by atoms with Gasteiger partial charge in [-0.1, -0.05) is 42.0 Å². The van der Waals surface area contributed by atoms with Gasteiger partial charge in [-0.25, -0.2) is 0 Å². The van der Waals surface area contributed by atoms with Crippen LogP contribution in [0.1, 0.15) is 36.1 Å². The molecule has 3 rings (SSSR count). The molecule has 0 aliphatic rings. The summed E-state index contributed by atoms with van der Waals surface area (Å²) in [6.07, 6.45) is 4.49. The number of amides is 1. The minimum absolute atomic E-state index is 0.00346. The van der Waals surface area contributed by atoms with E-state index in [1.165, 1.54) is 5.56 Å². The highest BCUT2D eigenvalue weighted by atomic mass is 16.2. The molecule has 1 amide bonds. The summed E-state index contributed by atoms with van der Waals surface area (Å²) >= 11 is 0. The van der Waals surface area contributed by atoms with E-state index in [0.717, 1.165) is 16.8 Å². The summed E-state index contributed by atoms with van der Waals surface area (Å²) in [6.45, 7) is 6.83. The number of rotatable bonds is 6. The van der Waals surface area contributed by atoms with E-state index in [2.05, 4.69) is 54.8 Å². The van der Waals surface area contributed by atoms with Crippen molar-refractivity contribution in [2.45, 2.75) is 33.2 Å². The monoisotopic (exact) mass is 346 g/mol. The lowest BCUT2D eigenvalue weighted by Crippen LogP contribution is -2.32. The average Bonchev–Trinajstić information content (AvgIpc) is 3.15. The van der Waals surface area contributed by atoms with Crippen LogP contribution in [0.25, 0.3) is 0 Å². The quantitative estimate of drug-likeness (QED) is 0.607. The van der Waals surface area contributed by atoms with Gasteiger partial charge in [0.2, 0.25) is 5.91 Å². The van der Waals surface area contributed by atoms with Crippen molar-refractivity contribution in [3.8, 4) is 0 Å². The molecule has 3 nitrogen and oxygen atoms in total. The smallest absolute Gasteiger partial charge is 0.229 e. The van der Waals surface area contributed by atoms with Crippen LogP contribution >= 0.6 is 0 Å². The van der Waals surface area contributed by atoms with E-state index >= 15 is 0 Å². The van der Waals surface area contributed by atoms with Crippen LogP contribution in [-0.4, -0.2) is 17.0 Å². The molecule has 0 bridgehead atoms. The fourth-order valence-corrected chi connectivity index (χ4v) is 3.40. The minimum Gasteiger partial charge on any atom is -0.346 e. The van der Waals surface area contributed by atoms with Crippen LogP contribution in [0.15, 0.2) is 73.1 Å². The van der Waals surface area contributed by atoms with Crippen molar-refractivity contribution < 1.29 is 4.79 Å². The first-order valence-electron chi connectivity index (χ1n) is 9.14. The molecule has 26 heavy (non-hydrogen) atoms. The van der Waals surface area contributed by atoms with E-state index in [9.17, 15) is 4.79 Å². The zero-order valence-electron chi connectivity index (χ0n) is 15.7. The van der Waals surface area contributed by atoms with Gasteiger partial charge in [-0.2, -0.15) is 0 Å². The molecule has 0 aliphatic heterocycles. The third-order valence-corrected chi connectivity index (χ3v) is 4.71. The van der Waals surface area contributed by atoms with E-state index in [-0.39, 0.29) is 11.9 Å². The maximum atomic E-state index is 13.2. The molecule has 1 aromatic heterocycles. The Morgan fingerprint density at radius 1 is 0.962 bits per heavy atom. The zero-order chi connectivity index (χ0) is 18.5. The molecule has 2 aromatic carbocycles. The SMILES string of the molecule is CCN(C(=O)C[C@@H](c1cccc(C)c1)n1cccc1)c1cccc(C)c1. The summed E-state index contributed by atoms with van der Waals surface area (Å²) in [5.74, 6) is 0.137. The van der Waals surface area contributed by atoms with Crippen LogP contribution in [0.5, 0.6) is 0 Å². The van der Waals surface area contributed by atoms with E-state index in [4.69, 9.17) is 0 Å². The molecule has 0 fully saturated rings. The van der Waals surface area contributed by atoms with Crippen LogP contribution in [0.4, 0.5) is 5.69 Å². The van der Waals surface area contributed by atoms with Gasteiger partial charge in [0, 0.05) is 24.6 Å². The van der Waals surface area contributed by atoms with Gasteiger partial charge in [0.05, 0.1) is 12.5 Å². The summed E-state index contributed by atoms with van der Waals surface area (Å²) < 4.78 is 2.12. The standard InChI is InChI=1S/C23H26N2O/c1-4-25(21-12-8-10-19(3)16-21)23(26)17-22(24-13-5-6-14-24)20-11-7-9-18(2)15-20/h5-16,22H,4,17H2,1-3H3/t22-/m0/s1. The van der Waals surface area contributed by atoms with Crippen molar-refractivity contribution in [1.82, 2.24) is 4.57 Å². The number of carbonyl (C=O) groups excluding carboxylic acids is 1. The highest BCUT2D eigenvalue weighted by Crippen LogP contribution is 2.26. The molecule has 134 valence electrons. The molecule has 0 N–H and O–H groups in total. The highest BCUT2D eigenvalue weighted by molar-refractivity contribution is 5.93. The van der Waals surface area contributed by atoms with E-state index < -0.39 is 0 Å². The molecule has 1 atom stereocenters. The first kappa shape index (κ1) is 18.0. The van der Waals surface area contributed by atoms with Crippen LogP contribution in [0.3, 0.4) is 0 Å². The third kappa shape index (κ3) is 4.05. The summed E-state index contributed by atoms with van der Waals surface area (Å²) in [7, 11) is 0. The second kappa shape index (κ2) is 8.05. The number of aryl methyl sites for hydroxylation is 2. The zero-order valence-corrected chi connectivity index (χ0v) is 15.7. The van der Waals surface area contributed by atoms with Crippen molar-refractivity contribution in [3.63, 3.8) is 0 Å². The molecule has 0 saturated heterocycles. The Morgan fingerprint density at radius 2 is 1.62 bits per heavy atom. The Kier molecular flexibility index (Phi) is 5.57. The lowest BCUT2D eigenvalue weighted by Gasteiger charge is -2.26. The van der Waals surface area contributed by atoms with Gasteiger partial charge in [-0.3, -0.25) is 4.79 Å². The molecule has 0 aliphatic carbocycles. The van der Waals surface area contributed by atoms with E-state index in [1.807, 2.05) is 48.5 Å². The van der Waals surface area contributed by atoms with Gasteiger partial charge >= 0.3 is 0 Å². The summed E-state index contributed by atoms with van der Waals surface area (Å²) in [5.41, 5.74) is 4.50. The van der Waals surface area contributed by atoms with Gasteiger partial charge in [0.1, 0.15) is 0 Å². The largest absolute Gasteiger partial charge is 0.346 e. The molecule has 0 unspecified atom stereocenters. The molecule has 3 heteroatoms. The Balaban J connectivity index is 1.89. The molecule has 0 radical (unpaired) electrons. The van der Waals surface area contributed by atoms with Gasteiger partial charge < -0.3 is 9.47 Å². The number of carbonyl (C=O) groups is 1. The number of anilines is 1. The van der Waals surface area contributed by atoms with Crippen molar-refractivity contribution >= 4 is 11.6 Å². The molecule has 0 spiro atoms. The molecule has 1 heterocycles. The number of aromatic nitrogens is 1. The van der Waals surface area contributed by atoms with Gasteiger partial charge in [-0.05, 0) is 56.2 Å². The minimum atomic E-state index is -0.00346. The first-order valence-corrected chi connectivity index (χ1v) is 9.14. The number of hydrogen-bond acceptors (Lipinski definition) is 1. The normalized spacial score (nSPS) is 12.0. The first-order chi connectivity index (χ1) is 12.6.